The van der Waals surface area contributed by atoms with Crippen molar-refractivity contribution in [2.75, 3.05) is 0 Å². The van der Waals surface area contributed by atoms with Gasteiger partial charge in [0, 0.05) is 17.4 Å². The topological polar surface area (TPSA) is 42.2 Å². The van der Waals surface area contributed by atoms with E-state index in [1.54, 1.807) is 0 Å². The van der Waals surface area contributed by atoms with Crippen LogP contribution in [0, 0.1) is 25.7 Å². The lowest BCUT2D eigenvalue weighted by atomic mass is 9.77. The van der Waals surface area contributed by atoms with Crippen LogP contribution >= 0.6 is 0 Å². The third-order valence-corrected chi connectivity index (χ3v) is 4.71. The third kappa shape index (κ3) is 2.06. The molecular formula is C15H23NO2. The molecule has 1 aliphatic rings. The molecule has 1 aromatic rings. The predicted octanol–water partition coefficient (Wildman–Crippen LogP) is 3.80. The number of carbonyl (C=O) groups is 1. The molecule has 1 aromatic heterocycles. The predicted molar refractivity (Wildman–Crippen MR) is 72.1 cm³/mol. The van der Waals surface area contributed by atoms with E-state index in [9.17, 15) is 9.90 Å². The van der Waals surface area contributed by atoms with E-state index >= 15 is 0 Å². The fourth-order valence-corrected chi connectivity index (χ4v) is 3.42. The van der Waals surface area contributed by atoms with E-state index in [1.165, 1.54) is 19.3 Å². The normalized spacial score (nSPS) is 28.3. The highest BCUT2D eigenvalue weighted by Gasteiger charge is 2.30. The minimum atomic E-state index is -0.814. The Labute approximate surface area is 109 Å². The molecule has 0 radical (unpaired) electrons. The quantitative estimate of drug-likeness (QED) is 0.866. The van der Waals surface area contributed by atoms with Crippen molar-refractivity contribution >= 4 is 5.97 Å². The van der Waals surface area contributed by atoms with Gasteiger partial charge >= 0.3 is 5.97 Å². The van der Waals surface area contributed by atoms with E-state index in [4.69, 9.17) is 0 Å². The average molecular weight is 249 g/mol. The molecule has 1 heterocycles. The largest absolute Gasteiger partial charge is 0.478 e. The maximum absolute atomic E-state index is 11.2. The van der Waals surface area contributed by atoms with Gasteiger partial charge in [0.1, 0.15) is 0 Å². The zero-order chi connectivity index (χ0) is 13.4. The Bertz CT molecular complexity index is 461. The van der Waals surface area contributed by atoms with Gasteiger partial charge in [-0.05, 0) is 38.2 Å². The van der Waals surface area contributed by atoms with Gasteiger partial charge in [0.2, 0.25) is 0 Å². The Balaban J connectivity index is 2.41. The Morgan fingerprint density at radius 2 is 2.00 bits per heavy atom. The van der Waals surface area contributed by atoms with Gasteiger partial charge in [-0.25, -0.2) is 4.79 Å². The van der Waals surface area contributed by atoms with Crippen LogP contribution in [0.1, 0.15) is 60.9 Å². The van der Waals surface area contributed by atoms with Crippen LogP contribution in [0.3, 0.4) is 0 Å². The summed E-state index contributed by atoms with van der Waals surface area (Å²) in [6.07, 6.45) is 3.71. The van der Waals surface area contributed by atoms with Gasteiger partial charge in [-0.15, -0.1) is 0 Å². The molecule has 3 heteroatoms. The molecule has 3 nitrogen and oxygen atoms in total. The summed E-state index contributed by atoms with van der Waals surface area (Å²) in [7, 11) is 0. The number of rotatable bonds is 2. The summed E-state index contributed by atoms with van der Waals surface area (Å²) < 4.78 is 2.25. The van der Waals surface area contributed by atoms with Crippen LogP contribution in [0.5, 0.6) is 0 Å². The Kier molecular flexibility index (Phi) is 3.51. The van der Waals surface area contributed by atoms with E-state index in [2.05, 4.69) is 18.4 Å². The van der Waals surface area contributed by atoms with Gasteiger partial charge in [0.05, 0.1) is 5.56 Å². The third-order valence-electron chi connectivity index (χ3n) is 4.71. The summed E-state index contributed by atoms with van der Waals surface area (Å²) in [6.45, 7) is 8.56. The molecule has 100 valence electrons. The molecule has 2 rings (SSSR count). The van der Waals surface area contributed by atoms with Crippen molar-refractivity contribution in [1.29, 1.82) is 0 Å². The number of aryl methyl sites for hydroxylation is 1. The van der Waals surface area contributed by atoms with Gasteiger partial charge < -0.3 is 9.67 Å². The van der Waals surface area contributed by atoms with Crippen LogP contribution in [-0.2, 0) is 0 Å². The first-order chi connectivity index (χ1) is 8.43. The van der Waals surface area contributed by atoms with Crippen LogP contribution in [0.25, 0.3) is 0 Å². The molecule has 0 saturated heterocycles. The first-order valence-corrected chi connectivity index (χ1v) is 6.85. The highest BCUT2D eigenvalue weighted by atomic mass is 16.4. The Morgan fingerprint density at radius 3 is 2.56 bits per heavy atom. The second-order valence-corrected chi connectivity index (χ2v) is 5.79. The molecule has 3 atom stereocenters. The van der Waals surface area contributed by atoms with Gasteiger partial charge in [0.25, 0.3) is 0 Å². The second kappa shape index (κ2) is 4.79. The SMILES string of the molecule is Cc1cc(C(=O)O)c(C)n1C1CCCC(C)C1C. The van der Waals surface area contributed by atoms with E-state index in [0.29, 0.717) is 17.5 Å². The van der Waals surface area contributed by atoms with Crippen LogP contribution in [0.4, 0.5) is 0 Å². The van der Waals surface area contributed by atoms with Crippen molar-refractivity contribution in [3.8, 4) is 0 Å². The lowest BCUT2D eigenvalue weighted by Crippen LogP contribution is -2.28. The summed E-state index contributed by atoms with van der Waals surface area (Å²) in [5.74, 6) is 0.522. The number of hydrogen-bond acceptors (Lipinski definition) is 1. The highest BCUT2D eigenvalue weighted by Crippen LogP contribution is 2.39. The minimum Gasteiger partial charge on any atom is -0.478 e. The maximum Gasteiger partial charge on any atom is 0.337 e. The number of carboxylic acid groups (broad SMARTS) is 1. The summed E-state index contributed by atoms with van der Waals surface area (Å²) in [4.78, 5) is 11.2. The molecule has 0 bridgehead atoms. The average Bonchev–Trinajstić information content (AvgIpc) is 2.59. The zero-order valence-corrected chi connectivity index (χ0v) is 11.7. The lowest BCUT2D eigenvalue weighted by molar-refractivity contribution is 0.0695. The molecule has 18 heavy (non-hydrogen) atoms. The number of hydrogen-bond donors (Lipinski definition) is 1. The first-order valence-electron chi connectivity index (χ1n) is 6.85. The molecular weight excluding hydrogens is 226 g/mol. The molecule has 0 aliphatic heterocycles. The van der Waals surface area contributed by atoms with E-state index < -0.39 is 5.97 Å². The summed E-state index contributed by atoms with van der Waals surface area (Å²) in [6, 6.07) is 2.27. The van der Waals surface area contributed by atoms with Gasteiger partial charge in [-0.2, -0.15) is 0 Å². The fourth-order valence-electron chi connectivity index (χ4n) is 3.42. The minimum absolute atomic E-state index is 0.456. The molecule has 1 fully saturated rings. The van der Waals surface area contributed by atoms with Crippen LogP contribution < -0.4 is 0 Å². The fraction of sp³-hybridized carbons (Fsp3) is 0.667. The van der Waals surface area contributed by atoms with Crippen molar-refractivity contribution < 1.29 is 9.90 Å². The zero-order valence-electron chi connectivity index (χ0n) is 11.7. The Morgan fingerprint density at radius 1 is 1.33 bits per heavy atom. The summed E-state index contributed by atoms with van der Waals surface area (Å²) in [5.41, 5.74) is 2.44. The van der Waals surface area contributed by atoms with Crippen molar-refractivity contribution in [3.05, 3.63) is 23.0 Å². The molecule has 1 aliphatic carbocycles. The van der Waals surface area contributed by atoms with Gasteiger partial charge in [-0.3, -0.25) is 0 Å². The smallest absolute Gasteiger partial charge is 0.337 e. The second-order valence-electron chi connectivity index (χ2n) is 5.79. The van der Waals surface area contributed by atoms with Crippen LogP contribution in [-0.4, -0.2) is 15.6 Å². The molecule has 1 saturated carbocycles. The summed E-state index contributed by atoms with van der Waals surface area (Å²) >= 11 is 0. The lowest BCUT2D eigenvalue weighted by Gasteiger charge is -2.36. The van der Waals surface area contributed by atoms with Crippen molar-refractivity contribution in [2.24, 2.45) is 11.8 Å². The van der Waals surface area contributed by atoms with Crippen LogP contribution in [0.2, 0.25) is 0 Å². The first kappa shape index (κ1) is 13.2. The molecule has 1 N–H and O–H groups in total. The monoisotopic (exact) mass is 249 g/mol. The van der Waals surface area contributed by atoms with E-state index in [1.807, 2.05) is 19.9 Å². The number of carboxylic acids is 1. The van der Waals surface area contributed by atoms with Gasteiger partial charge in [0.15, 0.2) is 0 Å². The molecule has 3 unspecified atom stereocenters. The molecule has 0 aromatic carbocycles. The van der Waals surface area contributed by atoms with Crippen molar-refractivity contribution in [1.82, 2.24) is 4.57 Å². The van der Waals surface area contributed by atoms with E-state index in [0.717, 1.165) is 17.3 Å². The van der Waals surface area contributed by atoms with E-state index in [-0.39, 0.29) is 0 Å². The summed E-state index contributed by atoms with van der Waals surface area (Å²) in [5, 5.41) is 9.21. The standard InChI is InChI=1S/C15H23NO2/c1-9-6-5-7-14(11(9)3)16-10(2)8-13(12(16)4)15(17)18/h8-9,11,14H,5-7H2,1-4H3,(H,17,18). The number of nitrogens with zero attached hydrogens (tertiary/aromatic N) is 1. The Hall–Kier alpha value is -1.25. The van der Waals surface area contributed by atoms with Crippen molar-refractivity contribution in [3.63, 3.8) is 0 Å². The number of aromatic carboxylic acids is 1. The van der Waals surface area contributed by atoms with Crippen LogP contribution in [0.15, 0.2) is 6.07 Å². The molecule has 0 amide bonds. The maximum atomic E-state index is 11.2. The highest BCUT2D eigenvalue weighted by molar-refractivity contribution is 5.89. The van der Waals surface area contributed by atoms with Crippen molar-refractivity contribution in [2.45, 2.75) is 53.0 Å². The number of aromatic nitrogens is 1. The van der Waals surface area contributed by atoms with Gasteiger partial charge in [-0.1, -0.05) is 26.7 Å². The molecule has 0 spiro atoms.